The normalized spacial score (nSPS) is 31.8. The molecule has 2 atom stereocenters. The second-order valence-electron chi connectivity index (χ2n) is 7.28. The topological polar surface area (TPSA) is 45.5 Å². The summed E-state index contributed by atoms with van der Waals surface area (Å²) in [6, 6.07) is 4.08. The first kappa shape index (κ1) is 13.4. The largest absolute Gasteiger partial charge is 0.465 e. The molecule has 2 heterocycles. The summed E-state index contributed by atoms with van der Waals surface area (Å²) >= 11 is 0. The smallest absolute Gasteiger partial charge is 0.223 e. The highest BCUT2D eigenvalue weighted by atomic mass is 16.3. The van der Waals surface area contributed by atoms with Crippen molar-refractivity contribution in [1.29, 1.82) is 0 Å². The van der Waals surface area contributed by atoms with Crippen molar-refractivity contribution in [2.45, 2.75) is 39.2 Å². The SMILES string of the molecule is Cc1ccc(CN2CC[C@]3(C[C@@H]3C(=O)NCC3CC3)C2)o1. The number of rotatable bonds is 5. The molecule has 1 N–H and O–H groups in total. The summed E-state index contributed by atoms with van der Waals surface area (Å²) in [7, 11) is 0. The molecule has 2 saturated carbocycles. The van der Waals surface area contributed by atoms with Crippen LogP contribution in [-0.4, -0.2) is 30.4 Å². The maximum atomic E-state index is 12.2. The monoisotopic (exact) mass is 288 g/mol. The first-order chi connectivity index (χ1) is 10.1. The van der Waals surface area contributed by atoms with Crippen LogP contribution in [0, 0.1) is 24.2 Å². The standard InChI is InChI=1S/C17H24N2O2/c1-12-2-5-14(21-12)10-19-7-6-17(11-19)8-15(17)16(20)18-9-13-3-4-13/h2,5,13,15H,3-4,6-11H2,1H3,(H,18,20)/t15-,17+/m1/s1. The van der Waals surface area contributed by atoms with Gasteiger partial charge in [0.2, 0.25) is 5.91 Å². The Morgan fingerprint density at radius 1 is 1.48 bits per heavy atom. The van der Waals surface area contributed by atoms with Crippen molar-refractivity contribution in [3.63, 3.8) is 0 Å². The van der Waals surface area contributed by atoms with E-state index in [0.717, 1.165) is 56.5 Å². The third kappa shape index (κ3) is 2.73. The molecule has 2 aliphatic carbocycles. The molecule has 1 aromatic rings. The van der Waals surface area contributed by atoms with Crippen molar-refractivity contribution in [1.82, 2.24) is 10.2 Å². The van der Waals surface area contributed by atoms with Gasteiger partial charge in [-0.25, -0.2) is 0 Å². The van der Waals surface area contributed by atoms with Gasteiger partial charge in [0.25, 0.3) is 0 Å². The lowest BCUT2D eigenvalue weighted by Gasteiger charge is -2.14. The Hall–Kier alpha value is -1.29. The molecule has 0 unspecified atom stereocenters. The number of carbonyl (C=O) groups is 1. The minimum Gasteiger partial charge on any atom is -0.465 e. The molecule has 4 heteroatoms. The summed E-state index contributed by atoms with van der Waals surface area (Å²) < 4.78 is 5.66. The highest BCUT2D eigenvalue weighted by Crippen LogP contribution is 2.58. The molecule has 1 saturated heterocycles. The average Bonchev–Trinajstić information content (AvgIpc) is 3.32. The number of likely N-dealkylation sites (tertiary alicyclic amines) is 1. The fourth-order valence-corrected chi connectivity index (χ4v) is 3.77. The average molecular weight is 288 g/mol. The van der Waals surface area contributed by atoms with Crippen LogP contribution in [0.2, 0.25) is 0 Å². The molecule has 1 aromatic heterocycles. The van der Waals surface area contributed by atoms with Gasteiger partial charge >= 0.3 is 0 Å². The Kier molecular flexibility index (Phi) is 3.10. The van der Waals surface area contributed by atoms with Gasteiger partial charge in [0.1, 0.15) is 11.5 Å². The van der Waals surface area contributed by atoms with Crippen molar-refractivity contribution < 1.29 is 9.21 Å². The van der Waals surface area contributed by atoms with Gasteiger partial charge in [0.15, 0.2) is 0 Å². The van der Waals surface area contributed by atoms with E-state index in [1.54, 1.807) is 0 Å². The first-order valence-corrected chi connectivity index (χ1v) is 8.20. The number of nitrogens with zero attached hydrogens (tertiary/aromatic N) is 1. The van der Waals surface area contributed by atoms with E-state index >= 15 is 0 Å². The molecule has 0 aromatic carbocycles. The fraction of sp³-hybridized carbons (Fsp3) is 0.706. The summed E-state index contributed by atoms with van der Waals surface area (Å²) in [5.41, 5.74) is 0.273. The fourth-order valence-electron chi connectivity index (χ4n) is 3.77. The van der Waals surface area contributed by atoms with Crippen molar-refractivity contribution in [2.24, 2.45) is 17.3 Å². The number of aryl methyl sites for hydroxylation is 1. The summed E-state index contributed by atoms with van der Waals surface area (Å²) in [5.74, 6) is 3.35. The van der Waals surface area contributed by atoms with Crippen LogP contribution >= 0.6 is 0 Å². The second-order valence-corrected chi connectivity index (χ2v) is 7.28. The maximum absolute atomic E-state index is 12.2. The van der Waals surface area contributed by atoms with E-state index in [1.807, 2.05) is 13.0 Å². The van der Waals surface area contributed by atoms with Gasteiger partial charge in [-0.1, -0.05) is 0 Å². The predicted octanol–water partition coefficient (Wildman–Crippen LogP) is 2.33. The lowest BCUT2D eigenvalue weighted by Crippen LogP contribution is -2.30. The molecule has 0 bridgehead atoms. The molecule has 4 nitrogen and oxygen atoms in total. The van der Waals surface area contributed by atoms with Crippen LogP contribution in [0.25, 0.3) is 0 Å². The highest BCUT2D eigenvalue weighted by Gasteiger charge is 2.60. The van der Waals surface area contributed by atoms with Crippen LogP contribution < -0.4 is 5.32 Å². The van der Waals surface area contributed by atoms with Crippen molar-refractivity contribution in [3.8, 4) is 0 Å². The first-order valence-electron chi connectivity index (χ1n) is 8.20. The van der Waals surface area contributed by atoms with Crippen LogP contribution in [-0.2, 0) is 11.3 Å². The molecule has 114 valence electrons. The molecular weight excluding hydrogens is 264 g/mol. The molecule has 4 rings (SSSR count). The third-order valence-corrected chi connectivity index (χ3v) is 5.41. The Labute approximate surface area is 125 Å². The van der Waals surface area contributed by atoms with E-state index in [2.05, 4.69) is 16.3 Å². The van der Waals surface area contributed by atoms with E-state index in [0.29, 0.717) is 5.91 Å². The molecule has 1 spiro atoms. The lowest BCUT2D eigenvalue weighted by molar-refractivity contribution is -0.123. The molecule has 21 heavy (non-hydrogen) atoms. The van der Waals surface area contributed by atoms with Crippen LogP contribution in [0.1, 0.15) is 37.2 Å². The zero-order valence-corrected chi connectivity index (χ0v) is 12.7. The van der Waals surface area contributed by atoms with Crippen LogP contribution in [0.4, 0.5) is 0 Å². The zero-order valence-electron chi connectivity index (χ0n) is 12.7. The van der Waals surface area contributed by atoms with Gasteiger partial charge in [0.05, 0.1) is 6.54 Å². The maximum Gasteiger partial charge on any atom is 0.223 e. The van der Waals surface area contributed by atoms with Gasteiger partial charge in [-0.2, -0.15) is 0 Å². The van der Waals surface area contributed by atoms with Crippen molar-refractivity contribution in [2.75, 3.05) is 19.6 Å². The number of carbonyl (C=O) groups excluding carboxylic acids is 1. The summed E-state index contributed by atoms with van der Waals surface area (Å²) in [6.07, 6.45) is 4.84. The Bertz CT molecular complexity index is 549. The van der Waals surface area contributed by atoms with E-state index in [1.165, 1.54) is 12.8 Å². The number of nitrogens with one attached hydrogen (secondary N) is 1. The van der Waals surface area contributed by atoms with E-state index in [9.17, 15) is 4.79 Å². The van der Waals surface area contributed by atoms with Gasteiger partial charge in [0, 0.05) is 19.0 Å². The minimum absolute atomic E-state index is 0.264. The Morgan fingerprint density at radius 2 is 2.33 bits per heavy atom. The van der Waals surface area contributed by atoms with Crippen LogP contribution in [0.5, 0.6) is 0 Å². The van der Waals surface area contributed by atoms with Gasteiger partial charge in [-0.3, -0.25) is 9.69 Å². The zero-order chi connectivity index (χ0) is 14.4. The predicted molar refractivity (Wildman–Crippen MR) is 79.6 cm³/mol. The molecule has 1 amide bonds. The summed E-state index contributed by atoms with van der Waals surface area (Å²) in [4.78, 5) is 14.7. The van der Waals surface area contributed by atoms with E-state index in [-0.39, 0.29) is 11.3 Å². The van der Waals surface area contributed by atoms with Crippen molar-refractivity contribution >= 4 is 5.91 Å². The minimum atomic E-state index is 0.264. The Morgan fingerprint density at radius 3 is 3.05 bits per heavy atom. The van der Waals surface area contributed by atoms with Crippen LogP contribution in [0.15, 0.2) is 16.5 Å². The Balaban J connectivity index is 1.29. The number of hydrogen-bond donors (Lipinski definition) is 1. The van der Waals surface area contributed by atoms with E-state index in [4.69, 9.17) is 4.42 Å². The van der Waals surface area contributed by atoms with Crippen LogP contribution in [0.3, 0.4) is 0 Å². The third-order valence-electron chi connectivity index (χ3n) is 5.41. The molecule has 1 aliphatic heterocycles. The summed E-state index contributed by atoms with van der Waals surface area (Å²) in [5, 5.41) is 3.15. The number of amides is 1. The second kappa shape index (κ2) is 4.87. The lowest BCUT2D eigenvalue weighted by atomic mass is 10.0. The molecule has 0 radical (unpaired) electrons. The summed E-state index contributed by atoms with van der Waals surface area (Å²) in [6.45, 7) is 5.91. The van der Waals surface area contributed by atoms with Crippen molar-refractivity contribution in [3.05, 3.63) is 23.7 Å². The molecule has 3 aliphatic rings. The van der Waals surface area contributed by atoms with Gasteiger partial charge < -0.3 is 9.73 Å². The van der Waals surface area contributed by atoms with E-state index < -0.39 is 0 Å². The number of furan rings is 1. The molecule has 3 fully saturated rings. The highest BCUT2D eigenvalue weighted by molar-refractivity contribution is 5.82. The number of hydrogen-bond acceptors (Lipinski definition) is 3. The quantitative estimate of drug-likeness (QED) is 0.904. The van der Waals surface area contributed by atoms with Gasteiger partial charge in [-0.15, -0.1) is 0 Å². The molecular formula is C17H24N2O2. The van der Waals surface area contributed by atoms with Gasteiger partial charge in [-0.05, 0) is 62.6 Å².